The predicted octanol–water partition coefficient (Wildman–Crippen LogP) is 20.9. The second-order valence-electron chi connectivity index (χ2n) is 20.8. The lowest BCUT2D eigenvalue weighted by atomic mass is 10.0. The minimum atomic E-state index is -3.49. The molecular weight excluding hydrogens is 853 g/mol. The zero-order valence-corrected chi connectivity index (χ0v) is 46.4. The Kier molecular flexibility index (Phi) is 49.4. The molecule has 0 aliphatic heterocycles. The van der Waals surface area contributed by atoms with E-state index in [2.05, 4.69) is 32.9 Å². The quantitative estimate of drug-likeness (QED) is 0.0261. The van der Waals surface area contributed by atoms with E-state index in [1.54, 1.807) is 0 Å². The standard InChI is InChI=1S/C63H120O6/c1-4-7-10-13-16-19-22-25-28-31-34-37-40-43-46-49-52-55-61(64)67-58-60(69-63(66)57-54-51-48-45-42-39-36-33-30-27-24-21-18-15-12-9-6-3)59-68-62(65)56-53-50-47-44-41-38-35-32-29-26-23-20-17-14-11-8-5-2/h27,30,60H,4-26,28-29,31-59H2,1-3H3/b30-27-/i58D2,59D2,60D. The number of ether oxygens (including phenoxy) is 3. The number of unbranched alkanes of at least 4 members (excludes halogenated alkanes) is 45. The Hall–Kier alpha value is -1.85. The van der Waals surface area contributed by atoms with E-state index in [1.807, 2.05) is 0 Å². The molecule has 0 rings (SSSR count). The Morgan fingerprint density at radius 2 is 0.522 bits per heavy atom. The van der Waals surface area contributed by atoms with Crippen molar-refractivity contribution in [2.24, 2.45) is 0 Å². The highest BCUT2D eigenvalue weighted by molar-refractivity contribution is 5.71. The summed E-state index contributed by atoms with van der Waals surface area (Å²) < 4.78 is 59.3. The lowest BCUT2D eigenvalue weighted by Crippen LogP contribution is -2.30. The minimum absolute atomic E-state index is 0.125. The van der Waals surface area contributed by atoms with Gasteiger partial charge in [-0.25, -0.2) is 0 Å². The van der Waals surface area contributed by atoms with Gasteiger partial charge in [0.05, 0.1) is 6.85 Å². The van der Waals surface area contributed by atoms with Crippen molar-refractivity contribution in [3.63, 3.8) is 0 Å². The molecule has 0 heterocycles. The van der Waals surface area contributed by atoms with Crippen LogP contribution in [0.1, 0.15) is 362 Å². The van der Waals surface area contributed by atoms with Crippen LogP contribution in [-0.2, 0) is 28.6 Å². The van der Waals surface area contributed by atoms with Crippen LogP contribution >= 0.6 is 0 Å². The maximum atomic E-state index is 13.2. The fourth-order valence-corrected chi connectivity index (χ4v) is 9.22. The van der Waals surface area contributed by atoms with E-state index in [9.17, 15) is 14.4 Å². The van der Waals surface area contributed by atoms with E-state index >= 15 is 0 Å². The number of carbonyl (C=O) groups is 3. The summed E-state index contributed by atoms with van der Waals surface area (Å²) in [6, 6.07) is 0. The molecule has 0 fully saturated rings. The highest BCUT2D eigenvalue weighted by atomic mass is 16.6. The van der Waals surface area contributed by atoms with Crippen molar-refractivity contribution in [2.75, 3.05) is 13.1 Å². The SMILES string of the molecule is [2H]C([2H])(OC(=O)CCCCCCCCCCCCCCCCCCC)C([2H])(OC(=O)CCCCCCCCC/C=C\CCCCCCCC)C([2H])([2H])OC(=O)CCCCCCCCCCCCCCCCCCC. The molecule has 0 amide bonds. The van der Waals surface area contributed by atoms with E-state index in [0.717, 1.165) is 96.3 Å². The largest absolute Gasteiger partial charge is 0.462 e. The fourth-order valence-electron chi connectivity index (χ4n) is 9.22. The summed E-state index contributed by atoms with van der Waals surface area (Å²) in [6.07, 6.45) is 57.8. The maximum Gasteiger partial charge on any atom is 0.306 e. The second-order valence-corrected chi connectivity index (χ2v) is 20.8. The molecule has 0 saturated heterocycles. The average Bonchev–Trinajstić information content (AvgIpc) is 3.36. The summed E-state index contributed by atoms with van der Waals surface area (Å²) in [5.74, 6) is -2.93. The molecule has 0 saturated carbocycles. The smallest absolute Gasteiger partial charge is 0.306 e. The third kappa shape index (κ3) is 56.9. The van der Waals surface area contributed by atoms with E-state index in [0.29, 0.717) is 19.3 Å². The third-order valence-electron chi connectivity index (χ3n) is 13.8. The minimum Gasteiger partial charge on any atom is -0.462 e. The first-order chi connectivity index (χ1) is 35.9. The van der Waals surface area contributed by atoms with Crippen LogP contribution in [0, 0.1) is 0 Å². The first-order valence-electron chi connectivity index (χ1n) is 33.2. The summed E-state index contributed by atoms with van der Waals surface area (Å²) in [5, 5.41) is 0. The molecule has 0 aliphatic rings. The Bertz CT molecular complexity index is 1230. The van der Waals surface area contributed by atoms with Crippen molar-refractivity contribution in [2.45, 2.75) is 361 Å². The molecule has 0 atom stereocenters. The van der Waals surface area contributed by atoms with Gasteiger partial charge in [-0.15, -0.1) is 0 Å². The van der Waals surface area contributed by atoms with Gasteiger partial charge in [0.15, 0.2) is 6.08 Å². The van der Waals surface area contributed by atoms with E-state index < -0.39 is 37.1 Å². The average molecular weight is 979 g/mol. The van der Waals surface area contributed by atoms with Gasteiger partial charge in [0.1, 0.15) is 13.1 Å². The first-order valence-corrected chi connectivity index (χ1v) is 30.7. The number of hydrogen-bond donors (Lipinski definition) is 0. The van der Waals surface area contributed by atoms with E-state index in [1.165, 1.54) is 199 Å². The lowest BCUT2D eigenvalue weighted by molar-refractivity contribution is -0.167. The highest BCUT2D eigenvalue weighted by Gasteiger charge is 2.19. The lowest BCUT2D eigenvalue weighted by Gasteiger charge is -2.18. The molecule has 408 valence electrons. The molecule has 0 aliphatic carbocycles. The van der Waals surface area contributed by atoms with Gasteiger partial charge in [-0.1, -0.05) is 303 Å². The zero-order chi connectivity index (χ0) is 54.5. The van der Waals surface area contributed by atoms with Crippen LogP contribution < -0.4 is 0 Å². The van der Waals surface area contributed by atoms with Gasteiger partial charge in [-0.05, 0) is 44.9 Å². The number of esters is 3. The van der Waals surface area contributed by atoms with Gasteiger partial charge in [0, 0.05) is 19.3 Å². The van der Waals surface area contributed by atoms with E-state index in [-0.39, 0.29) is 19.3 Å². The van der Waals surface area contributed by atoms with Crippen molar-refractivity contribution in [1.82, 2.24) is 0 Å². The molecular formula is C63H120O6. The molecule has 0 bridgehead atoms. The van der Waals surface area contributed by atoms with Crippen molar-refractivity contribution in [3.05, 3.63) is 12.2 Å². The van der Waals surface area contributed by atoms with Gasteiger partial charge in [-0.2, -0.15) is 0 Å². The molecule has 0 radical (unpaired) electrons. The number of allylic oxidation sites excluding steroid dienone is 2. The van der Waals surface area contributed by atoms with Gasteiger partial charge < -0.3 is 14.2 Å². The van der Waals surface area contributed by atoms with Crippen LogP contribution in [0.15, 0.2) is 12.2 Å². The number of rotatable bonds is 58. The summed E-state index contributed by atoms with van der Waals surface area (Å²) in [6.45, 7) is -0.135. The Balaban J connectivity index is 4.89. The van der Waals surface area contributed by atoms with Crippen molar-refractivity contribution in [1.29, 1.82) is 0 Å². The van der Waals surface area contributed by atoms with Crippen molar-refractivity contribution in [3.8, 4) is 0 Å². The third-order valence-corrected chi connectivity index (χ3v) is 13.8. The summed E-state index contributed by atoms with van der Waals surface area (Å²) >= 11 is 0. The Labute approximate surface area is 438 Å². The van der Waals surface area contributed by atoms with Crippen LogP contribution in [0.4, 0.5) is 0 Å². The van der Waals surface area contributed by atoms with Gasteiger partial charge >= 0.3 is 17.9 Å². The first kappa shape index (κ1) is 58.0. The summed E-state index contributed by atoms with van der Waals surface area (Å²) in [4.78, 5) is 39.2. The normalized spacial score (nSPS) is 13.2. The van der Waals surface area contributed by atoms with Crippen molar-refractivity contribution >= 4 is 17.9 Å². The zero-order valence-electron chi connectivity index (χ0n) is 51.4. The highest BCUT2D eigenvalue weighted by Crippen LogP contribution is 2.18. The maximum absolute atomic E-state index is 13.2. The molecule has 0 spiro atoms. The van der Waals surface area contributed by atoms with Crippen LogP contribution in [0.2, 0.25) is 0 Å². The molecule has 0 aromatic carbocycles. The number of carbonyl (C=O) groups excluding carboxylic acids is 3. The number of hydrogen-bond acceptors (Lipinski definition) is 6. The topological polar surface area (TPSA) is 78.9 Å². The van der Waals surface area contributed by atoms with Crippen LogP contribution in [0.25, 0.3) is 0 Å². The van der Waals surface area contributed by atoms with Gasteiger partial charge in [-0.3, -0.25) is 14.4 Å². The molecule has 0 N–H and O–H groups in total. The molecule has 6 nitrogen and oxygen atoms in total. The monoisotopic (exact) mass is 978 g/mol. The molecule has 0 aromatic rings. The van der Waals surface area contributed by atoms with Gasteiger partial charge in [0.2, 0.25) is 0 Å². The van der Waals surface area contributed by atoms with Crippen LogP contribution in [-0.4, -0.2) is 37.1 Å². The Morgan fingerprint density at radius 3 is 0.768 bits per heavy atom. The second kappa shape index (κ2) is 58.7. The van der Waals surface area contributed by atoms with Crippen LogP contribution in [0.5, 0.6) is 0 Å². The molecule has 0 unspecified atom stereocenters. The Morgan fingerprint density at radius 1 is 0.319 bits per heavy atom. The molecule has 6 heteroatoms. The van der Waals surface area contributed by atoms with Gasteiger partial charge in [0.25, 0.3) is 0 Å². The summed E-state index contributed by atoms with van der Waals surface area (Å²) in [7, 11) is 0. The predicted molar refractivity (Wildman–Crippen MR) is 298 cm³/mol. The van der Waals surface area contributed by atoms with Crippen molar-refractivity contribution < 1.29 is 35.4 Å². The fraction of sp³-hybridized carbons (Fsp3) is 0.921. The molecule has 69 heavy (non-hydrogen) atoms. The van der Waals surface area contributed by atoms with Crippen LogP contribution in [0.3, 0.4) is 0 Å². The van der Waals surface area contributed by atoms with E-state index in [4.69, 9.17) is 21.1 Å². The molecule has 0 aromatic heterocycles. The summed E-state index contributed by atoms with van der Waals surface area (Å²) in [5.41, 5.74) is 0.